The van der Waals surface area contributed by atoms with Crippen molar-refractivity contribution < 1.29 is 9.53 Å². The van der Waals surface area contributed by atoms with Crippen LogP contribution in [0.3, 0.4) is 0 Å². The quantitative estimate of drug-likeness (QED) is 0.370. The molecule has 1 aliphatic rings. The van der Waals surface area contributed by atoms with E-state index in [0.717, 1.165) is 12.8 Å². The molecule has 2 heteroatoms. The van der Waals surface area contributed by atoms with Crippen LogP contribution >= 0.6 is 0 Å². The van der Waals surface area contributed by atoms with Crippen molar-refractivity contribution in [2.75, 3.05) is 0 Å². The molecule has 2 nitrogen and oxygen atoms in total. The summed E-state index contributed by atoms with van der Waals surface area (Å²) in [5, 5.41) is 0. The molecule has 0 spiro atoms. The third-order valence-electron chi connectivity index (χ3n) is 1.32. The lowest BCUT2D eigenvalue weighted by atomic mass is 10.2. The van der Waals surface area contributed by atoms with E-state index >= 15 is 0 Å². The summed E-state index contributed by atoms with van der Waals surface area (Å²) in [6.07, 6.45) is 2.01. The zero-order chi connectivity index (χ0) is 7.40. The second kappa shape index (κ2) is 3.26. The molecule has 0 bridgehead atoms. The van der Waals surface area contributed by atoms with E-state index in [9.17, 15) is 4.79 Å². The second-order valence-corrected chi connectivity index (χ2v) is 2.19. The Morgan fingerprint density at radius 3 is 3.10 bits per heavy atom. The SMILES string of the molecule is CCC#C[C@@H]1CCC(=O)O1. The molecule has 0 aromatic rings. The van der Waals surface area contributed by atoms with Crippen molar-refractivity contribution in [3.05, 3.63) is 0 Å². The van der Waals surface area contributed by atoms with Gasteiger partial charge >= 0.3 is 5.97 Å². The van der Waals surface area contributed by atoms with E-state index in [1.165, 1.54) is 0 Å². The zero-order valence-electron chi connectivity index (χ0n) is 6.02. The minimum atomic E-state index is -0.118. The molecule has 0 saturated carbocycles. The molecule has 0 aromatic heterocycles. The number of cyclic esters (lactones) is 1. The van der Waals surface area contributed by atoms with Gasteiger partial charge in [-0.05, 0) is 0 Å². The van der Waals surface area contributed by atoms with Crippen molar-refractivity contribution in [1.29, 1.82) is 0 Å². The molecule has 0 N–H and O–H groups in total. The number of carbonyl (C=O) groups is 1. The van der Waals surface area contributed by atoms with E-state index in [2.05, 4.69) is 11.8 Å². The molecule has 10 heavy (non-hydrogen) atoms. The van der Waals surface area contributed by atoms with Gasteiger partial charge in [-0.1, -0.05) is 18.8 Å². The molecular weight excluding hydrogens is 128 g/mol. The molecule has 1 heterocycles. The summed E-state index contributed by atoms with van der Waals surface area (Å²) >= 11 is 0. The number of rotatable bonds is 0. The van der Waals surface area contributed by atoms with Gasteiger partial charge in [-0.25, -0.2) is 0 Å². The summed E-state index contributed by atoms with van der Waals surface area (Å²) in [4.78, 5) is 10.5. The highest BCUT2D eigenvalue weighted by Gasteiger charge is 2.20. The minimum absolute atomic E-state index is 0.115. The molecular formula is C8H10O2. The molecule has 0 radical (unpaired) electrons. The molecule has 1 aliphatic heterocycles. The van der Waals surface area contributed by atoms with Gasteiger partial charge in [0.1, 0.15) is 0 Å². The third kappa shape index (κ3) is 1.77. The topological polar surface area (TPSA) is 26.3 Å². The van der Waals surface area contributed by atoms with Crippen molar-refractivity contribution in [2.24, 2.45) is 0 Å². The first-order chi connectivity index (χ1) is 4.83. The van der Waals surface area contributed by atoms with Gasteiger partial charge in [-0.2, -0.15) is 0 Å². The third-order valence-corrected chi connectivity index (χ3v) is 1.32. The van der Waals surface area contributed by atoms with Crippen LogP contribution in [0.15, 0.2) is 0 Å². The van der Waals surface area contributed by atoms with E-state index in [1.54, 1.807) is 0 Å². The molecule has 1 rings (SSSR count). The normalized spacial score (nSPS) is 23.3. The van der Waals surface area contributed by atoms with Crippen molar-refractivity contribution in [3.8, 4) is 11.8 Å². The van der Waals surface area contributed by atoms with Crippen molar-refractivity contribution >= 4 is 5.97 Å². The van der Waals surface area contributed by atoms with E-state index < -0.39 is 0 Å². The maximum Gasteiger partial charge on any atom is 0.307 e. The number of hydrogen-bond donors (Lipinski definition) is 0. The molecule has 0 unspecified atom stereocenters. The summed E-state index contributed by atoms with van der Waals surface area (Å²) in [5.74, 6) is 5.64. The van der Waals surface area contributed by atoms with Crippen LogP contribution in [0, 0.1) is 11.8 Å². The first-order valence-electron chi connectivity index (χ1n) is 3.51. The van der Waals surface area contributed by atoms with E-state index in [-0.39, 0.29) is 12.1 Å². The lowest BCUT2D eigenvalue weighted by molar-refractivity contribution is -0.139. The van der Waals surface area contributed by atoms with Crippen LogP contribution in [0.5, 0.6) is 0 Å². The molecule has 1 saturated heterocycles. The van der Waals surface area contributed by atoms with Crippen LogP contribution < -0.4 is 0 Å². The highest BCUT2D eigenvalue weighted by molar-refractivity contribution is 5.72. The number of hydrogen-bond acceptors (Lipinski definition) is 2. The predicted molar refractivity (Wildman–Crippen MR) is 37.2 cm³/mol. The first kappa shape index (κ1) is 7.14. The van der Waals surface area contributed by atoms with Crippen LogP contribution in [0.4, 0.5) is 0 Å². The zero-order valence-corrected chi connectivity index (χ0v) is 6.02. The largest absolute Gasteiger partial charge is 0.449 e. The summed E-state index contributed by atoms with van der Waals surface area (Å²) in [7, 11) is 0. The Hall–Kier alpha value is -0.970. The Balaban J connectivity index is 2.38. The molecule has 0 aromatic carbocycles. The van der Waals surface area contributed by atoms with E-state index in [4.69, 9.17) is 4.74 Å². The van der Waals surface area contributed by atoms with Crippen molar-refractivity contribution in [1.82, 2.24) is 0 Å². The maximum atomic E-state index is 10.5. The number of carbonyl (C=O) groups excluding carboxylic acids is 1. The Kier molecular flexibility index (Phi) is 2.33. The van der Waals surface area contributed by atoms with Crippen LogP contribution in [-0.4, -0.2) is 12.1 Å². The highest BCUT2D eigenvalue weighted by Crippen LogP contribution is 2.11. The fraction of sp³-hybridized carbons (Fsp3) is 0.625. The lowest BCUT2D eigenvalue weighted by Crippen LogP contribution is -2.02. The smallest absolute Gasteiger partial charge is 0.307 e. The van der Waals surface area contributed by atoms with Crippen molar-refractivity contribution in [2.45, 2.75) is 32.3 Å². The highest BCUT2D eigenvalue weighted by atomic mass is 16.5. The van der Waals surface area contributed by atoms with Gasteiger partial charge in [0, 0.05) is 12.8 Å². The molecule has 1 fully saturated rings. The van der Waals surface area contributed by atoms with Gasteiger partial charge < -0.3 is 4.74 Å². The van der Waals surface area contributed by atoms with E-state index in [0.29, 0.717) is 6.42 Å². The lowest BCUT2D eigenvalue weighted by Gasteiger charge is -1.96. The summed E-state index contributed by atoms with van der Waals surface area (Å²) in [6, 6.07) is 0. The second-order valence-electron chi connectivity index (χ2n) is 2.19. The van der Waals surface area contributed by atoms with Crippen LogP contribution in [0.2, 0.25) is 0 Å². The average molecular weight is 138 g/mol. The monoisotopic (exact) mass is 138 g/mol. The predicted octanol–water partition coefficient (Wildman–Crippen LogP) is 1.11. The van der Waals surface area contributed by atoms with Crippen LogP contribution in [0.25, 0.3) is 0 Å². The standard InChI is InChI=1S/C8H10O2/c1-2-3-4-7-5-6-8(9)10-7/h7H,2,5-6H2,1H3/t7-/m1/s1. The van der Waals surface area contributed by atoms with Gasteiger partial charge in [-0.3, -0.25) is 4.79 Å². The van der Waals surface area contributed by atoms with Crippen molar-refractivity contribution in [3.63, 3.8) is 0 Å². The Bertz CT molecular complexity index is 185. The average Bonchev–Trinajstić information content (AvgIpc) is 2.31. The first-order valence-corrected chi connectivity index (χ1v) is 3.51. The Morgan fingerprint density at radius 2 is 2.60 bits per heavy atom. The summed E-state index contributed by atoms with van der Waals surface area (Å²) < 4.78 is 4.85. The molecule has 1 atom stereocenters. The molecule has 0 amide bonds. The maximum absolute atomic E-state index is 10.5. The summed E-state index contributed by atoms with van der Waals surface area (Å²) in [6.45, 7) is 1.98. The van der Waals surface area contributed by atoms with Gasteiger partial charge in [0.15, 0.2) is 6.10 Å². The van der Waals surface area contributed by atoms with Crippen LogP contribution in [0.1, 0.15) is 26.2 Å². The number of ether oxygens (including phenoxy) is 1. The Labute approximate surface area is 60.6 Å². The number of esters is 1. The fourth-order valence-corrected chi connectivity index (χ4v) is 0.843. The van der Waals surface area contributed by atoms with Crippen LogP contribution in [-0.2, 0) is 9.53 Å². The van der Waals surface area contributed by atoms with E-state index in [1.807, 2.05) is 6.92 Å². The minimum Gasteiger partial charge on any atom is -0.449 e. The summed E-state index contributed by atoms with van der Waals surface area (Å²) in [5.41, 5.74) is 0. The molecule has 54 valence electrons. The fourth-order valence-electron chi connectivity index (χ4n) is 0.843. The molecule has 0 aliphatic carbocycles. The van der Waals surface area contributed by atoms with Gasteiger partial charge in [0.25, 0.3) is 0 Å². The van der Waals surface area contributed by atoms with Gasteiger partial charge in [-0.15, -0.1) is 0 Å². The van der Waals surface area contributed by atoms with Gasteiger partial charge in [0.05, 0.1) is 6.42 Å². The van der Waals surface area contributed by atoms with Gasteiger partial charge in [0.2, 0.25) is 0 Å². The Morgan fingerprint density at radius 1 is 1.80 bits per heavy atom.